The lowest BCUT2D eigenvalue weighted by atomic mass is 10.3. The van der Waals surface area contributed by atoms with Gasteiger partial charge in [-0.2, -0.15) is 0 Å². The van der Waals surface area contributed by atoms with Gasteiger partial charge in [-0.1, -0.05) is 18.2 Å². The Hall–Kier alpha value is -2.01. The van der Waals surface area contributed by atoms with E-state index in [0.717, 1.165) is 4.47 Å². The van der Waals surface area contributed by atoms with E-state index in [4.69, 9.17) is 10.5 Å². The zero-order valence-electron chi connectivity index (χ0n) is 10.1. The molecule has 0 aliphatic carbocycles. The van der Waals surface area contributed by atoms with E-state index < -0.39 is 0 Å². The number of anilines is 2. The Morgan fingerprint density at radius 2 is 1.95 bits per heavy atom. The average Bonchev–Trinajstić information content (AvgIpc) is 2.41. The Bertz CT molecular complexity index is 573. The van der Waals surface area contributed by atoms with E-state index >= 15 is 0 Å². The summed E-state index contributed by atoms with van der Waals surface area (Å²) in [4.78, 5) is 11.7. The molecule has 19 heavy (non-hydrogen) atoms. The third-order valence-corrected chi connectivity index (χ3v) is 3.04. The summed E-state index contributed by atoms with van der Waals surface area (Å²) in [7, 11) is 0. The molecule has 0 unspecified atom stereocenters. The van der Waals surface area contributed by atoms with Gasteiger partial charge in [-0.05, 0) is 46.3 Å². The monoisotopic (exact) mass is 320 g/mol. The predicted molar refractivity (Wildman–Crippen MR) is 79.1 cm³/mol. The maximum atomic E-state index is 11.7. The lowest BCUT2D eigenvalue weighted by Gasteiger charge is -2.09. The van der Waals surface area contributed by atoms with Gasteiger partial charge in [0.05, 0.1) is 5.69 Å². The Kier molecular flexibility index (Phi) is 4.41. The summed E-state index contributed by atoms with van der Waals surface area (Å²) in [5, 5.41) is 2.74. The molecule has 2 aromatic carbocycles. The molecule has 0 saturated heterocycles. The highest BCUT2D eigenvalue weighted by atomic mass is 79.9. The molecule has 0 bridgehead atoms. The number of nitrogens with one attached hydrogen (secondary N) is 1. The first-order valence-electron chi connectivity index (χ1n) is 5.68. The van der Waals surface area contributed by atoms with Crippen LogP contribution in [0.15, 0.2) is 53.0 Å². The number of amides is 1. The predicted octanol–water partition coefficient (Wildman–Crippen LogP) is 3.05. The van der Waals surface area contributed by atoms with Gasteiger partial charge in [0.25, 0.3) is 5.91 Å². The fraction of sp³-hybridized carbons (Fsp3) is 0.0714. The van der Waals surface area contributed by atoms with Crippen LogP contribution in [0.3, 0.4) is 0 Å². The number of para-hydroxylation sites is 1. The molecule has 0 atom stereocenters. The molecule has 0 aliphatic rings. The standard InChI is InChI=1S/C14H13BrN2O2/c15-12-8-10(16)6-7-13(12)17-14(18)9-19-11-4-2-1-3-5-11/h1-8H,9,16H2,(H,17,18). The fourth-order valence-electron chi connectivity index (χ4n) is 1.48. The van der Waals surface area contributed by atoms with Gasteiger partial charge in [-0.3, -0.25) is 4.79 Å². The summed E-state index contributed by atoms with van der Waals surface area (Å²) < 4.78 is 6.09. The van der Waals surface area contributed by atoms with Gasteiger partial charge >= 0.3 is 0 Å². The third-order valence-electron chi connectivity index (χ3n) is 2.38. The number of rotatable bonds is 4. The number of carbonyl (C=O) groups is 1. The van der Waals surface area contributed by atoms with Crippen molar-refractivity contribution in [2.45, 2.75) is 0 Å². The number of hydrogen-bond donors (Lipinski definition) is 2. The van der Waals surface area contributed by atoms with Gasteiger partial charge in [0.2, 0.25) is 0 Å². The van der Waals surface area contributed by atoms with Crippen molar-refractivity contribution in [2.75, 3.05) is 17.7 Å². The van der Waals surface area contributed by atoms with Gasteiger partial charge in [0.15, 0.2) is 6.61 Å². The van der Waals surface area contributed by atoms with Crippen molar-refractivity contribution in [3.63, 3.8) is 0 Å². The lowest BCUT2D eigenvalue weighted by Crippen LogP contribution is -2.20. The highest BCUT2D eigenvalue weighted by Gasteiger charge is 2.06. The summed E-state index contributed by atoms with van der Waals surface area (Å²) >= 11 is 3.34. The van der Waals surface area contributed by atoms with E-state index in [1.807, 2.05) is 18.2 Å². The van der Waals surface area contributed by atoms with Crippen LogP contribution in [-0.4, -0.2) is 12.5 Å². The van der Waals surface area contributed by atoms with Crippen LogP contribution in [0.5, 0.6) is 5.75 Å². The second kappa shape index (κ2) is 6.24. The molecule has 3 N–H and O–H groups in total. The Balaban J connectivity index is 1.91. The van der Waals surface area contributed by atoms with Crippen molar-refractivity contribution < 1.29 is 9.53 Å². The largest absolute Gasteiger partial charge is 0.484 e. The number of benzene rings is 2. The Morgan fingerprint density at radius 1 is 1.21 bits per heavy atom. The first kappa shape index (κ1) is 13.4. The molecule has 1 amide bonds. The minimum absolute atomic E-state index is 0.0408. The summed E-state index contributed by atoms with van der Waals surface area (Å²) in [5.74, 6) is 0.434. The van der Waals surface area contributed by atoms with E-state index in [2.05, 4.69) is 21.2 Å². The number of carbonyl (C=O) groups excluding carboxylic acids is 1. The fourth-order valence-corrected chi connectivity index (χ4v) is 1.98. The number of hydrogen-bond acceptors (Lipinski definition) is 3. The quantitative estimate of drug-likeness (QED) is 0.851. The smallest absolute Gasteiger partial charge is 0.262 e. The van der Waals surface area contributed by atoms with Gasteiger partial charge in [0.1, 0.15) is 5.75 Å². The van der Waals surface area contributed by atoms with Gasteiger partial charge in [-0.15, -0.1) is 0 Å². The van der Waals surface area contributed by atoms with Crippen LogP contribution in [0.2, 0.25) is 0 Å². The molecule has 0 fully saturated rings. The molecular formula is C14H13BrN2O2. The molecule has 0 saturated carbocycles. The molecule has 0 aromatic heterocycles. The lowest BCUT2D eigenvalue weighted by molar-refractivity contribution is -0.118. The normalized spacial score (nSPS) is 9.95. The van der Waals surface area contributed by atoms with Crippen molar-refractivity contribution >= 4 is 33.2 Å². The Labute approximate surface area is 119 Å². The van der Waals surface area contributed by atoms with Crippen LogP contribution in [0.1, 0.15) is 0 Å². The second-order valence-electron chi connectivity index (χ2n) is 3.89. The van der Waals surface area contributed by atoms with E-state index in [-0.39, 0.29) is 12.5 Å². The molecule has 0 aliphatic heterocycles. The number of halogens is 1. The van der Waals surface area contributed by atoms with E-state index in [0.29, 0.717) is 17.1 Å². The number of ether oxygens (including phenoxy) is 1. The molecule has 2 aromatic rings. The van der Waals surface area contributed by atoms with Crippen LogP contribution in [-0.2, 0) is 4.79 Å². The first-order valence-corrected chi connectivity index (χ1v) is 6.47. The van der Waals surface area contributed by atoms with Gasteiger partial charge in [0, 0.05) is 10.2 Å². The maximum absolute atomic E-state index is 11.7. The summed E-state index contributed by atoms with van der Waals surface area (Å²) in [6.45, 7) is -0.0408. The maximum Gasteiger partial charge on any atom is 0.262 e. The van der Waals surface area contributed by atoms with Crippen LogP contribution in [0, 0.1) is 0 Å². The van der Waals surface area contributed by atoms with Crippen molar-refractivity contribution in [3.05, 3.63) is 53.0 Å². The third kappa shape index (κ3) is 3.99. The minimum Gasteiger partial charge on any atom is -0.484 e. The Morgan fingerprint density at radius 3 is 2.63 bits per heavy atom. The van der Waals surface area contributed by atoms with Gasteiger partial charge < -0.3 is 15.8 Å². The summed E-state index contributed by atoms with van der Waals surface area (Å²) in [6.07, 6.45) is 0. The first-order chi connectivity index (χ1) is 9.15. The zero-order chi connectivity index (χ0) is 13.7. The van der Waals surface area contributed by atoms with Crippen LogP contribution in [0.25, 0.3) is 0 Å². The molecule has 2 rings (SSSR count). The van der Waals surface area contributed by atoms with Crippen molar-refractivity contribution in [3.8, 4) is 5.75 Å². The SMILES string of the molecule is Nc1ccc(NC(=O)COc2ccccc2)c(Br)c1. The summed E-state index contributed by atoms with van der Waals surface area (Å²) in [5.41, 5.74) is 6.92. The van der Waals surface area contributed by atoms with Crippen LogP contribution in [0.4, 0.5) is 11.4 Å². The van der Waals surface area contributed by atoms with Crippen molar-refractivity contribution in [1.29, 1.82) is 0 Å². The molecule has 98 valence electrons. The molecular weight excluding hydrogens is 308 g/mol. The van der Waals surface area contributed by atoms with E-state index in [1.165, 1.54) is 0 Å². The number of nitrogen functional groups attached to an aromatic ring is 1. The highest BCUT2D eigenvalue weighted by molar-refractivity contribution is 9.10. The van der Waals surface area contributed by atoms with Crippen LogP contribution < -0.4 is 15.8 Å². The molecule has 5 heteroatoms. The molecule has 0 spiro atoms. The zero-order valence-corrected chi connectivity index (χ0v) is 11.7. The van der Waals surface area contributed by atoms with Gasteiger partial charge in [-0.25, -0.2) is 0 Å². The summed E-state index contributed by atoms with van der Waals surface area (Å²) in [6, 6.07) is 14.4. The minimum atomic E-state index is -0.227. The van der Waals surface area contributed by atoms with E-state index in [1.54, 1.807) is 30.3 Å². The molecule has 0 radical (unpaired) electrons. The van der Waals surface area contributed by atoms with Crippen molar-refractivity contribution in [2.24, 2.45) is 0 Å². The van der Waals surface area contributed by atoms with E-state index in [9.17, 15) is 4.79 Å². The number of nitrogens with two attached hydrogens (primary N) is 1. The molecule has 4 nitrogen and oxygen atoms in total. The average molecular weight is 321 g/mol. The van der Waals surface area contributed by atoms with Crippen molar-refractivity contribution in [1.82, 2.24) is 0 Å². The topological polar surface area (TPSA) is 64.3 Å². The second-order valence-corrected chi connectivity index (χ2v) is 4.74. The molecule has 0 heterocycles. The van der Waals surface area contributed by atoms with Crippen LogP contribution >= 0.6 is 15.9 Å². The highest BCUT2D eigenvalue weighted by Crippen LogP contribution is 2.24.